The van der Waals surface area contributed by atoms with E-state index in [4.69, 9.17) is 27.9 Å². The van der Waals surface area contributed by atoms with Crippen LogP contribution in [0, 0.1) is 6.92 Å². The molecule has 0 aliphatic carbocycles. The first-order valence-electron chi connectivity index (χ1n) is 10.5. The molecule has 1 saturated heterocycles. The number of piperazine rings is 1. The maximum absolute atomic E-state index is 12.8. The third-order valence-electron chi connectivity index (χ3n) is 5.51. The normalized spacial score (nSPS) is 14.9. The summed E-state index contributed by atoms with van der Waals surface area (Å²) in [5.74, 6) is 1.39. The van der Waals surface area contributed by atoms with Crippen molar-refractivity contribution in [1.29, 1.82) is 0 Å². The number of rotatable bonds is 5. The second kappa shape index (κ2) is 9.76. The molecule has 166 valence electrons. The van der Waals surface area contributed by atoms with E-state index < -0.39 is 6.10 Å². The van der Waals surface area contributed by atoms with Gasteiger partial charge in [0.2, 0.25) is 0 Å². The Hall–Kier alpha value is -2.83. The predicted octanol–water partition coefficient (Wildman–Crippen LogP) is 4.87. The van der Waals surface area contributed by atoms with Crippen molar-refractivity contribution >= 4 is 34.9 Å². The maximum atomic E-state index is 12.8. The van der Waals surface area contributed by atoms with Gasteiger partial charge in [0.15, 0.2) is 11.9 Å². The lowest BCUT2D eigenvalue weighted by Crippen LogP contribution is -2.52. The molecule has 1 aliphatic heterocycles. The number of halogens is 2. The zero-order valence-corrected chi connectivity index (χ0v) is 19.5. The summed E-state index contributed by atoms with van der Waals surface area (Å²) < 4.78 is 5.84. The Bertz CT molecular complexity index is 1100. The Labute approximate surface area is 197 Å². The number of carbonyl (C=O) groups excluding carboxylic acids is 1. The average Bonchev–Trinajstić information content (AvgIpc) is 2.81. The summed E-state index contributed by atoms with van der Waals surface area (Å²) in [5.41, 5.74) is 2.50. The number of nitrogens with zero attached hydrogens (tertiary/aromatic N) is 4. The molecule has 2 aromatic carbocycles. The van der Waals surface area contributed by atoms with Crippen molar-refractivity contribution in [3.63, 3.8) is 0 Å². The van der Waals surface area contributed by atoms with Gasteiger partial charge in [-0.3, -0.25) is 4.79 Å². The van der Waals surface area contributed by atoms with Gasteiger partial charge in [-0.1, -0.05) is 41.4 Å². The second-order valence-electron chi connectivity index (χ2n) is 7.74. The van der Waals surface area contributed by atoms with Crippen molar-refractivity contribution in [1.82, 2.24) is 15.1 Å². The highest BCUT2D eigenvalue weighted by Crippen LogP contribution is 2.26. The standard InChI is InChI=1S/C24H24Cl2N4O2/c1-16-15-18(7-8-20(16)25)32-17(2)24(31)30-13-11-29(12-14-30)23-10-9-22(27-28-23)19-5-3-4-6-21(19)26/h3-10,15,17H,11-14H2,1-2H3. The van der Waals surface area contributed by atoms with E-state index in [-0.39, 0.29) is 5.91 Å². The third-order valence-corrected chi connectivity index (χ3v) is 6.26. The van der Waals surface area contributed by atoms with Gasteiger partial charge in [0.25, 0.3) is 5.91 Å². The molecular weight excluding hydrogens is 447 g/mol. The number of aryl methyl sites for hydroxylation is 1. The van der Waals surface area contributed by atoms with Crippen LogP contribution in [0.2, 0.25) is 10.0 Å². The van der Waals surface area contributed by atoms with E-state index in [9.17, 15) is 4.79 Å². The monoisotopic (exact) mass is 470 g/mol. The molecular formula is C24H24Cl2N4O2. The van der Waals surface area contributed by atoms with Gasteiger partial charge in [0.1, 0.15) is 5.75 Å². The molecule has 1 unspecified atom stereocenters. The summed E-state index contributed by atoms with van der Waals surface area (Å²) in [5, 5.41) is 10.0. The van der Waals surface area contributed by atoms with Gasteiger partial charge in [-0.05, 0) is 55.8 Å². The lowest BCUT2D eigenvalue weighted by atomic mass is 10.1. The van der Waals surface area contributed by atoms with Crippen molar-refractivity contribution in [3.05, 3.63) is 70.2 Å². The number of hydrogen-bond donors (Lipinski definition) is 0. The maximum Gasteiger partial charge on any atom is 0.263 e. The molecule has 1 amide bonds. The molecule has 0 radical (unpaired) electrons. The molecule has 0 N–H and O–H groups in total. The Morgan fingerprint density at radius 1 is 0.969 bits per heavy atom. The lowest BCUT2D eigenvalue weighted by Gasteiger charge is -2.36. The van der Waals surface area contributed by atoms with Gasteiger partial charge in [-0.2, -0.15) is 0 Å². The van der Waals surface area contributed by atoms with E-state index in [0.29, 0.717) is 42.0 Å². The molecule has 1 fully saturated rings. The number of aromatic nitrogens is 2. The largest absolute Gasteiger partial charge is 0.481 e. The molecule has 0 saturated carbocycles. The highest BCUT2D eigenvalue weighted by molar-refractivity contribution is 6.33. The highest BCUT2D eigenvalue weighted by Gasteiger charge is 2.27. The smallest absolute Gasteiger partial charge is 0.263 e. The van der Waals surface area contributed by atoms with E-state index in [1.807, 2.05) is 54.3 Å². The van der Waals surface area contributed by atoms with Crippen LogP contribution in [0.25, 0.3) is 11.3 Å². The summed E-state index contributed by atoms with van der Waals surface area (Å²) in [6.07, 6.45) is -0.572. The molecule has 2 heterocycles. The van der Waals surface area contributed by atoms with E-state index in [2.05, 4.69) is 15.1 Å². The molecule has 6 nitrogen and oxygen atoms in total. The molecule has 4 rings (SSSR count). The van der Waals surface area contributed by atoms with Crippen LogP contribution in [0.5, 0.6) is 5.75 Å². The molecule has 32 heavy (non-hydrogen) atoms. The summed E-state index contributed by atoms with van der Waals surface area (Å²) in [6, 6.07) is 16.8. The summed E-state index contributed by atoms with van der Waals surface area (Å²) in [4.78, 5) is 16.8. The van der Waals surface area contributed by atoms with Crippen LogP contribution in [0.15, 0.2) is 54.6 Å². The average molecular weight is 471 g/mol. The Kier molecular flexibility index (Phi) is 6.82. The minimum atomic E-state index is -0.572. The highest BCUT2D eigenvalue weighted by atomic mass is 35.5. The number of hydrogen-bond acceptors (Lipinski definition) is 5. The summed E-state index contributed by atoms with van der Waals surface area (Å²) >= 11 is 12.3. The Balaban J connectivity index is 1.33. The van der Waals surface area contributed by atoms with E-state index >= 15 is 0 Å². The van der Waals surface area contributed by atoms with Crippen LogP contribution >= 0.6 is 23.2 Å². The quantitative estimate of drug-likeness (QED) is 0.531. The summed E-state index contributed by atoms with van der Waals surface area (Å²) in [6.45, 7) is 6.24. The first-order valence-corrected chi connectivity index (χ1v) is 11.2. The number of amides is 1. The molecule has 8 heteroatoms. The topological polar surface area (TPSA) is 58.6 Å². The van der Waals surface area contributed by atoms with Crippen molar-refractivity contribution < 1.29 is 9.53 Å². The van der Waals surface area contributed by atoms with Crippen LogP contribution in [0.4, 0.5) is 5.82 Å². The number of benzene rings is 2. The van der Waals surface area contributed by atoms with E-state index in [1.54, 1.807) is 19.1 Å². The third kappa shape index (κ3) is 4.97. The van der Waals surface area contributed by atoms with Gasteiger partial charge in [0.05, 0.1) is 10.7 Å². The summed E-state index contributed by atoms with van der Waals surface area (Å²) in [7, 11) is 0. The van der Waals surface area contributed by atoms with E-state index in [0.717, 1.165) is 22.6 Å². The fourth-order valence-corrected chi connectivity index (χ4v) is 4.01. The van der Waals surface area contributed by atoms with Crippen LogP contribution in [0.3, 0.4) is 0 Å². The second-order valence-corrected chi connectivity index (χ2v) is 8.55. The first-order chi connectivity index (χ1) is 15.4. The van der Waals surface area contributed by atoms with E-state index in [1.165, 1.54) is 0 Å². The minimum absolute atomic E-state index is 0.0302. The minimum Gasteiger partial charge on any atom is -0.481 e. The molecule has 0 bridgehead atoms. The molecule has 3 aromatic rings. The predicted molar refractivity (Wildman–Crippen MR) is 128 cm³/mol. The van der Waals surface area contributed by atoms with Crippen LogP contribution in [-0.4, -0.2) is 53.3 Å². The van der Waals surface area contributed by atoms with Crippen LogP contribution in [0.1, 0.15) is 12.5 Å². The zero-order valence-electron chi connectivity index (χ0n) is 18.0. The fourth-order valence-electron chi connectivity index (χ4n) is 3.66. The van der Waals surface area contributed by atoms with Crippen molar-refractivity contribution in [2.24, 2.45) is 0 Å². The lowest BCUT2D eigenvalue weighted by molar-refractivity contribution is -0.138. The van der Waals surface area contributed by atoms with Gasteiger partial charge in [0, 0.05) is 36.8 Å². The molecule has 1 aromatic heterocycles. The SMILES string of the molecule is Cc1cc(OC(C)C(=O)N2CCN(c3ccc(-c4ccccc4Cl)nn3)CC2)ccc1Cl. The van der Waals surface area contributed by atoms with Crippen molar-refractivity contribution in [2.75, 3.05) is 31.1 Å². The molecule has 1 atom stereocenters. The zero-order chi connectivity index (χ0) is 22.7. The van der Waals surface area contributed by atoms with Gasteiger partial charge in [-0.25, -0.2) is 0 Å². The van der Waals surface area contributed by atoms with Gasteiger partial charge in [-0.15, -0.1) is 10.2 Å². The number of anilines is 1. The fraction of sp³-hybridized carbons (Fsp3) is 0.292. The van der Waals surface area contributed by atoms with Crippen molar-refractivity contribution in [2.45, 2.75) is 20.0 Å². The molecule has 1 aliphatic rings. The van der Waals surface area contributed by atoms with Crippen LogP contribution in [-0.2, 0) is 4.79 Å². The Morgan fingerprint density at radius 2 is 1.72 bits per heavy atom. The number of carbonyl (C=O) groups is 1. The van der Waals surface area contributed by atoms with Crippen molar-refractivity contribution in [3.8, 4) is 17.0 Å². The van der Waals surface area contributed by atoms with Crippen LogP contribution < -0.4 is 9.64 Å². The number of ether oxygens (including phenoxy) is 1. The van der Waals surface area contributed by atoms with Gasteiger partial charge >= 0.3 is 0 Å². The van der Waals surface area contributed by atoms with Gasteiger partial charge < -0.3 is 14.5 Å². The first kappa shape index (κ1) is 22.4. The molecule has 0 spiro atoms. The Morgan fingerprint density at radius 3 is 2.38 bits per heavy atom.